The van der Waals surface area contributed by atoms with Crippen molar-refractivity contribution < 1.29 is 46.3 Å². The molecule has 0 radical (unpaired) electrons. The smallest absolute Gasteiger partial charge is 0.432 e. The summed E-state index contributed by atoms with van der Waals surface area (Å²) in [4.78, 5) is 35.6. The van der Waals surface area contributed by atoms with Crippen molar-refractivity contribution in [3.05, 3.63) is 22.5 Å². The third-order valence-electron chi connectivity index (χ3n) is 3.49. The van der Waals surface area contributed by atoms with Gasteiger partial charge in [-0.15, -0.1) is 0 Å². The normalized spacial score (nSPS) is 23.7. The maximum Gasteiger partial charge on any atom is 0.510 e. The largest absolute Gasteiger partial charge is 0.510 e. The summed E-state index contributed by atoms with van der Waals surface area (Å²) in [7, 11) is -4.66. The summed E-state index contributed by atoms with van der Waals surface area (Å²) in [5.41, 5.74) is 4.13. The minimum Gasteiger partial charge on any atom is -0.432 e. The molecule has 4 unspecified atom stereocenters. The summed E-state index contributed by atoms with van der Waals surface area (Å²) in [5, 5.41) is 0. The zero-order chi connectivity index (χ0) is 21.8. The molecule has 0 saturated carbocycles. The van der Waals surface area contributed by atoms with Crippen LogP contribution in [-0.2, 0) is 27.8 Å². The van der Waals surface area contributed by atoms with Gasteiger partial charge in [0.15, 0.2) is 17.9 Å². The van der Waals surface area contributed by atoms with E-state index in [1.54, 1.807) is 13.8 Å². The van der Waals surface area contributed by atoms with E-state index in [1.807, 2.05) is 0 Å². The SMILES string of the molecule is CC(C)OC(=O)OCOP(=O)(O)OCC1CC(F)C(n2cc(F)c(N)nc2=O)O1. The molecular weight excluding hydrogens is 423 g/mol. The Morgan fingerprint density at radius 3 is 2.86 bits per heavy atom. The third kappa shape index (κ3) is 6.72. The average Bonchev–Trinajstić information content (AvgIpc) is 2.96. The van der Waals surface area contributed by atoms with Crippen molar-refractivity contribution in [1.29, 1.82) is 0 Å². The Labute approximate surface area is 163 Å². The number of nitrogens with two attached hydrogens (primary N) is 1. The van der Waals surface area contributed by atoms with Gasteiger partial charge in [0, 0.05) is 6.42 Å². The fourth-order valence-electron chi connectivity index (χ4n) is 2.27. The van der Waals surface area contributed by atoms with Gasteiger partial charge < -0.3 is 24.8 Å². The molecule has 0 aromatic carbocycles. The highest BCUT2D eigenvalue weighted by atomic mass is 31.2. The number of anilines is 1. The lowest BCUT2D eigenvalue weighted by molar-refractivity contribution is -0.0474. The molecule has 1 aliphatic rings. The van der Waals surface area contributed by atoms with E-state index in [1.165, 1.54) is 0 Å². The maximum absolute atomic E-state index is 14.2. The van der Waals surface area contributed by atoms with Gasteiger partial charge in [-0.25, -0.2) is 27.5 Å². The van der Waals surface area contributed by atoms with Crippen molar-refractivity contribution >= 4 is 19.8 Å². The van der Waals surface area contributed by atoms with Crippen LogP contribution in [0.5, 0.6) is 0 Å². The number of phosphoric acid groups is 1. The molecule has 1 aromatic heterocycles. The topological polar surface area (TPSA) is 161 Å². The molecule has 0 spiro atoms. The van der Waals surface area contributed by atoms with Crippen molar-refractivity contribution in [2.75, 3.05) is 19.1 Å². The molecule has 1 fully saturated rings. The van der Waals surface area contributed by atoms with E-state index in [4.69, 9.17) is 10.5 Å². The van der Waals surface area contributed by atoms with E-state index in [-0.39, 0.29) is 6.42 Å². The fraction of sp³-hybridized carbons (Fsp3) is 0.643. The molecule has 0 bridgehead atoms. The number of phosphoric ester groups is 1. The quantitative estimate of drug-likeness (QED) is 0.338. The van der Waals surface area contributed by atoms with Crippen LogP contribution in [-0.4, -0.2) is 52.4 Å². The molecule has 12 nitrogen and oxygen atoms in total. The van der Waals surface area contributed by atoms with E-state index >= 15 is 0 Å². The molecule has 3 N–H and O–H groups in total. The minimum atomic E-state index is -4.66. The van der Waals surface area contributed by atoms with Gasteiger partial charge in [0.25, 0.3) is 0 Å². The highest BCUT2D eigenvalue weighted by Crippen LogP contribution is 2.44. The Balaban J connectivity index is 1.86. The molecule has 1 aliphatic heterocycles. The number of carbonyl (C=O) groups is 1. The van der Waals surface area contributed by atoms with Crippen molar-refractivity contribution in [3.63, 3.8) is 0 Å². The molecule has 0 aliphatic carbocycles. The molecule has 1 aromatic rings. The van der Waals surface area contributed by atoms with Crippen molar-refractivity contribution in [1.82, 2.24) is 9.55 Å². The van der Waals surface area contributed by atoms with Crippen molar-refractivity contribution in [2.24, 2.45) is 0 Å². The number of rotatable bonds is 8. The lowest BCUT2D eigenvalue weighted by Gasteiger charge is -2.17. The summed E-state index contributed by atoms with van der Waals surface area (Å²) in [6.07, 6.45) is -5.57. The van der Waals surface area contributed by atoms with Crippen LogP contribution in [0.15, 0.2) is 11.0 Å². The lowest BCUT2D eigenvalue weighted by Crippen LogP contribution is -2.31. The zero-order valence-corrected chi connectivity index (χ0v) is 16.3. The lowest BCUT2D eigenvalue weighted by atomic mass is 10.2. The number of halogens is 2. The Hall–Kier alpha value is -2.12. The van der Waals surface area contributed by atoms with Crippen LogP contribution in [0, 0.1) is 5.82 Å². The van der Waals surface area contributed by atoms with Gasteiger partial charge in [0.1, 0.15) is 6.17 Å². The number of alkyl halides is 1. The Morgan fingerprint density at radius 2 is 2.21 bits per heavy atom. The van der Waals surface area contributed by atoms with Crippen molar-refractivity contribution in [2.45, 2.75) is 44.9 Å². The number of hydrogen-bond donors (Lipinski definition) is 2. The van der Waals surface area contributed by atoms with Gasteiger partial charge in [-0.2, -0.15) is 4.98 Å². The summed E-state index contributed by atoms with van der Waals surface area (Å²) in [6, 6.07) is 0. The standard InChI is InChI=1S/C14H20F2N3O9P/c1-7(2)27-14(21)24-6-26-29(22,23)25-5-8-3-9(15)12(28-8)19-4-10(16)11(17)18-13(19)20/h4,7-9,12H,3,5-6H2,1-2H3,(H,22,23)(H2,17,18,20). The van der Waals surface area contributed by atoms with E-state index < -0.39 is 69.3 Å². The van der Waals surface area contributed by atoms with Gasteiger partial charge in [-0.05, 0) is 13.8 Å². The maximum atomic E-state index is 14.2. The van der Waals surface area contributed by atoms with Gasteiger partial charge in [-0.1, -0.05) is 0 Å². The molecule has 0 amide bonds. The van der Waals surface area contributed by atoms with Crippen LogP contribution in [0.2, 0.25) is 0 Å². The molecule has 1 saturated heterocycles. The first-order valence-corrected chi connectivity index (χ1v) is 9.77. The third-order valence-corrected chi connectivity index (χ3v) is 4.39. The molecule has 2 rings (SSSR count). The summed E-state index contributed by atoms with van der Waals surface area (Å²) in [5.74, 6) is -1.68. The molecule has 2 heterocycles. The molecular formula is C14H20F2N3O9P. The first-order valence-electron chi connectivity index (χ1n) is 8.27. The van der Waals surface area contributed by atoms with Crippen LogP contribution < -0.4 is 11.4 Å². The Bertz CT molecular complexity index is 837. The van der Waals surface area contributed by atoms with Gasteiger partial charge >= 0.3 is 19.7 Å². The predicted molar refractivity (Wildman–Crippen MR) is 90.7 cm³/mol. The van der Waals surface area contributed by atoms with Crippen molar-refractivity contribution in [3.8, 4) is 0 Å². The predicted octanol–water partition coefficient (Wildman–Crippen LogP) is 1.24. The average molecular weight is 443 g/mol. The van der Waals surface area contributed by atoms with E-state index in [0.29, 0.717) is 10.8 Å². The van der Waals surface area contributed by atoms with Crippen LogP contribution >= 0.6 is 7.82 Å². The van der Waals surface area contributed by atoms with Gasteiger partial charge in [0.05, 0.1) is 25.0 Å². The highest BCUT2D eigenvalue weighted by Gasteiger charge is 2.39. The van der Waals surface area contributed by atoms with Crippen LogP contribution in [0.3, 0.4) is 0 Å². The summed E-state index contributed by atoms with van der Waals surface area (Å²) in [6.45, 7) is 1.61. The number of nitrogen functional groups attached to an aromatic ring is 1. The molecule has 4 atom stereocenters. The van der Waals surface area contributed by atoms with E-state index in [0.717, 1.165) is 0 Å². The van der Waals surface area contributed by atoms with Gasteiger partial charge in [-0.3, -0.25) is 9.09 Å². The molecule has 15 heteroatoms. The second kappa shape index (κ2) is 9.59. The van der Waals surface area contributed by atoms with E-state index in [2.05, 4.69) is 23.5 Å². The molecule has 164 valence electrons. The number of hydrogen-bond acceptors (Lipinski definition) is 10. The molecule has 29 heavy (non-hydrogen) atoms. The number of carbonyl (C=O) groups excluding carboxylic acids is 1. The second-order valence-corrected chi connectivity index (χ2v) is 7.59. The number of ether oxygens (including phenoxy) is 3. The zero-order valence-electron chi connectivity index (χ0n) is 15.4. The summed E-state index contributed by atoms with van der Waals surface area (Å²) < 4.78 is 63.4. The van der Waals surface area contributed by atoms with Crippen LogP contribution in [0.25, 0.3) is 0 Å². The Morgan fingerprint density at radius 1 is 1.52 bits per heavy atom. The number of nitrogens with zero attached hydrogens (tertiary/aromatic N) is 2. The highest BCUT2D eigenvalue weighted by molar-refractivity contribution is 7.47. The monoisotopic (exact) mass is 443 g/mol. The summed E-state index contributed by atoms with van der Waals surface area (Å²) >= 11 is 0. The minimum absolute atomic E-state index is 0.319. The Kier molecular flexibility index (Phi) is 7.66. The fourth-order valence-corrected chi connectivity index (χ4v) is 2.89. The van der Waals surface area contributed by atoms with E-state index in [9.17, 15) is 27.8 Å². The first kappa shape index (κ1) is 23.2. The second-order valence-electron chi connectivity index (χ2n) is 6.14. The van der Waals surface area contributed by atoms with Gasteiger partial charge in [0.2, 0.25) is 6.79 Å². The van der Waals surface area contributed by atoms with Crippen LogP contribution in [0.4, 0.5) is 19.4 Å². The first-order chi connectivity index (χ1) is 13.5. The van der Waals surface area contributed by atoms with Crippen LogP contribution in [0.1, 0.15) is 26.5 Å². The number of aromatic nitrogens is 2.